The summed E-state index contributed by atoms with van der Waals surface area (Å²) in [4.78, 5) is 23.6. The van der Waals surface area contributed by atoms with Gasteiger partial charge in [0.05, 0.1) is 20.1 Å². The molecular weight excluding hydrogens is 516 g/mol. The van der Waals surface area contributed by atoms with Gasteiger partial charge in [0.25, 0.3) is 0 Å². The van der Waals surface area contributed by atoms with Crippen molar-refractivity contribution in [2.24, 2.45) is 0 Å². The van der Waals surface area contributed by atoms with Crippen molar-refractivity contribution in [2.75, 3.05) is 26.2 Å². The van der Waals surface area contributed by atoms with Crippen molar-refractivity contribution in [1.82, 2.24) is 16.0 Å². The number of nitrogens with one attached hydrogen (secondary N) is 3. The van der Waals surface area contributed by atoms with Gasteiger partial charge in [0.2, 0.25) is 11.8 Å². The van der Waals surface area contributed by atoms with Crippen LogP contribution in [0.4, 0.5) is 0 Å². The normalized spacial score (nSPS) is 10.9. The Bertz CT molecular complexity index is 903. The van der Waals surface area contributed by atoms with Crippen LogP contribution < -0.4 is 16.0 Å². The molecule has 0 aromatic heterocycles. The Balaban J connectivity index is 0.00000512. The van der Waals surface area contributed by atoms with Gasteiger partial charge in [0.15, 0.2) is 0 Å². The van der Waals surface area contributed by atoms with Crippen LogP contribution in [0, 0.1) is 0 Å². The molecule has 0 spiro atoms. The molecule has 2 aromatic carbocycles. The minimum absolute atomic E-state index is 0. The summed E-state index contributed by atoms with van der Waals surface area (Å²) in [5.41, 5.74) is 1.57. The topological polar surface area (TPSA) is 70.2 Å². The average Bonchev–Trinajstić information content (AvgIpc) is 2.74. The molecule has 2 aromatic rings. The molecule has 5 nitrogen and oxygen atoms in total. The first-order valence-electron chi connectivity index (χ1n) is 9.38. The Morgan fingerprint density at radius 3 is 1.44 bits per heavy atom. The Kier molecular flexibility index (Phi) is 13.4. The summed E-state index contributed by atoms with van der Waals surface area (Å²) in [6, 6.07) is 10.3. The first kappa shape index (κ1) is 28.3. The summed E-state index contributed by atoms with van der Waals surface area (Å²) in [7, 11) is 0. The van der Waals surface area contributed by atoms with Crippen molar-refractivity contribution in [1.29, 1.82) is 0 Å². The largest absolute Gasteiger partial charge is 0.351 e. The van der Waals surface area contributed by atoms with Crippen LogP contribution in [-0.2, 0) is 9.59 Å². The molecule has 0 fully saturated rings. The number of carbonyl (C=O) groups excluding carboxylic acids is 2. The molecule has 0 bridgehead atoms. The van der Waals surface area contributed by atoms with Crippen LogP contribution in [0.5, 0.6) is 0 Å². The SMILES string of the molecule is Cl.O=C(/C=C/c1ccc(Cl)c(Cl)c1)NCCNCCNC(=O)/C=C/c1ccc(Cl)c(Cl)c1. The number of amides is 2. The molecule has 172 valence electrons. The first-order valence-corrected chi connectivity index (χ1v) is 10.9. The van der Waals surface area contributed by atoms with Crippen molar-refractivity contribution in [3.05, 3.63) is 79.8 Å². The second-order valence-electron chi connectivity index (χ2n) is 6.35. The van der Waals surface area contributed by atoms with E-state index in [0.29, 0.717) is 46.3 Å². The van der Waals surface area contributed by atoms with E-state index in [1.165, 1.54) is 12.2 Å². The highest BCUT2D eigenvalue weighted by Crippen LogP contribution is 2.23. The lowest BCUT2D eigenvalue weighted by Crippen LogP contribution is -2.35. The van der Waals surface area contributed by atoms with E-state index in [2.05, 4.69) is 16.0 Å². The molecule has 2 amide bonds. The lowest BCUT2D eigenvalue weighted by Gasteiger charge is -2.06. The van der Waals surface area contributed by atoms with Crippen LogP contribution in [0.15, 0.2) is 48.6 Å². The van der Waals surface area contributed by atoms with Crippen molar-refractivity contribution >= 4 is 82.8 Å². The van der Waals surface area contributed by atoms with Crippen LogP contribution >= 0.6 is 58.8 Å². The van der Waals surface area contributed by atoms with Gasteiger partial charge in [-0.3, -0.25) is 9.59 Å². The number of rotatable bonds is 10. The van der Waals surface area contributed by atoms with Gasteiger partial charge in [-0.25, -0.2) is 0 Å². The third-order valence-electron chi connectivity index (χ3n) is 3.94. The molecule has 0 heterocycles. The summed E-state index contributed by atoms with van der Waals surface area (Å²) in [5.74, 6) is -0.428. The summed E-state index contributed by atoms with van der Waals surface area (Å²) in [5, 5.41) is 10.5. The molecule has 0 aliphatic carbocycles. The zero-order chi connectivity index (χ0) is 22.6. The minimum atomic E-state index is -0.214. The smallest absolute Gasteiger partial charge is 0.244 e. The molecule has 0 aliphatic heterocycles. The number of hydrogen-bond acceptors (Lipinski definition) is 3. The number of benzene rings is 2. The van der Waals surface area contributed by atoms with E-state index in [1.807, 2.05) is 0 Å². The number of halogens is 5. The molecule has 0 atom stereocenters. The molecule has 0 unspecified atom stereocenters. The molecule has 3 N–H and O–H groups in total. The van der Waals surface area contributed by atoms with Crippen molar-refractivity contribution in [3.63, 3.8) is 0 Å². The van der Waals surface area contributed by atoms with Crippen LogP contribution in [0.2, 0.25) is 20.1 Å². The molecule has 0 radical (unpaired) electrons. The van der Waals surface area contributed by atoms with Gasteiger partial charge in [0, 0.05) is 38.3 Å². The lowest BCUT2D eigenvalue weighted by atomic mass is 10.2. The predicted octanol–water partition coefficient (Wildman–Crippen LogP) is 5.27. The highest BCUT2D eigenvalue weighted by Gasteiger charge is 2.00. The molecule has 32 heavy (non-hydrogen) atoms. The average molecular weight is 538 g/mol. The van der Waals surface area contributed by atoms with Crippen LogP contribution in [-0.4, -0.2) is 38.0 Å². The summed E-state index contributed by atoms with van der Waals surface area (Å²) < 4.78 is 0. The summed E-state index contributed by atoms with van der Waals surface area (Å²) in [6.45, 7) is 2.05. The number of hydrogen-bond donors (Lipinski definition) is 3. The van der Waals surface area contributed by atoms with E-state index >= 15 is 0 Å². The van der Waals surface area contributed by atoms with E-state index in [4.69, 9.17) is 46.4 Å². The molecule has 0 aliphatic rings. The van der Waals surface area contributed by atoms with E-state index in [-0.39, 0.29) is 24.2 Å². The maximum atomic E-state index is 11.8. The standard InChI is InChI=1S/C22H21Cl4N3O2.ClH/c23-17-5-1-15(13-19(17)25)3-7-21(30)28-11-9-27-10-12-29-22(31)8-4-16-2-6-18(24)20(26)14-16;/h1-8,13-14,27H,9-12H2,(H,28,30)(H,29,31);1H/b7-3+,8-4+;. The van der Waals surface area contributed by atoms with Crippen LogP contribution in [0.25, 0.3) is 12.2 Å². The van der Waals surface area contributed by atoms with Gasteiger partial charge >= 0.3 is 0 Å². The molecule has 0 saturated carbocycles. The Hall–Kier alpha value is -1.73. The van der Waals surface area contributed by atoms with Crippen molar-refractivity contribution in [2.45, 2.75) is 0 Å². The minimum Gasteiger partial charge on any atom is -0.351 e. The van der Waals surface area contributed by atoms with Crippen LogP contribution in [0.3, 0.4) is 0 Å². The fourth-order valence-corrected chi connectivity index (χ4v) is 2.98. The third-order valence-corrected chi connectivity index (χ3v) is 5.42. The summed E-state index contributed by atoms with van der Waals surface area (Å²) in [6.07, 6.45) is 6.18. The zero-order valence-corrected chi connectivity index (χ0v) is 20.7. The van der Waals surface area contributed by atoms with Gasteiger partial charge in [-0.2, -0.15) is 0 Å². The van der Waals surface area contributed by atoms with Gasteiger partial charge in [-0.15, -0.1) is 12.4 Å². The second kappa shape index (κ2) is 15.2. The second-order valence-corrected chi connectivity index (χ2v) is 7.97. The quantitative estimate of drug-likeness (QED) is 0.286. The third kappa shape index (κ3) is 10.7. The fraction of sp³-hybridized carbons (Fsp3) is 0.182. The van der Waals surface area contributed by atoms with Crippen molar-refractivity contribution < 1.29 is 9.59 Å². The molecule has 2 rings (SSSR count). The number of carbonyl (C=O) groups is 2. The Morgan fingerprint density at radius 1 is 0.656 bits per heavy atom. The molecule has 10 heteroatoms. The summed E-state index contributed by atoms with van der Waals surface area (Å²) >= 11 is 23.6. The van der Waals surface area contributed by atoms with Gasteiger partial charge < -0.3 is 16.0 Å². The van der Waals surface area contributed by atoms with E-state index in [0.717, 1.165) is 11.1 Å². The zero-order valence-electron chi connectivity index (χ0n) is 16.8. The van der Waals surface area contributed by atoms with E-state index < -0.39 is 0 Å². The first-order chi connectivity index (χ1) is 14.8. The van der Waals surface area contributed by atoms with Gasteiger partial charge in [-0.1, -0.05) is 58.5 Å². The maximum Gasteiger partial charge on any atom is 0.244 e. The fourth-order valence-electron chi connectivity index (χ4n) is 2.37. The van der Waals surface area contributed by atoms with Gasteiger partial charge in [-0.05, 0) is 47.5 Å². The molecular formula is C22H22Cl5N3O2. The molecule has 0 saturated heterocycles. The van der Waals surface area contributed by atoms with Crippen LogP contribution in [0.1, 0.15) is 11.1 Å². The highest BCUT2D eigenvalue weighted by molar-refractivity contribution is 6.42. The highest BCUT2D eigenvalue weighted by atomic mass is 35.5. The predicted molar refractivity (Wildman–Crippen MR) is 137 cm³/mol. The monoisotopic (exact) mass is 535 g/mol. The van der Waals surface area contributed by atoms with Crippen molar-refractivity contribution in [3.8, 4) is 0 Å². The maximum absolute atomic E-state index is 11.8. The lowest BCUT2D eigenvalue weighted by molar-refractivity contribution is -0.117. The Morgan fingerprint density at radius 2 is 1.06 bits per heavy atom. The van der Waals surface area contributed by atoms with E-state index in [1.54, 1.807) is 48.6 Å². The Labute approximate surface area is 213 Å². The van der Waals surface area contributed by atoms with Gasteiger partial charge in [0.1, 0.15) is 0 Å². The van der Waals surface area contributed by atoms with E-state index in [9.17, 15) is 9.59 Å².